The quantitative estimate of drug-likeness (QED) is 0.598. The highest BCUT2D eigenvalue weighted by molar-refractivity contribution is 7.80. The van der Waals surface area contributed by atoms with Gasteiger partial charge in [0.05, 0.1) is 0 Å². The van der Waals surface area contributed by atoms with Crippen LogP contribution in [-0.4, -0.2) is 30.0 Å². The predicted octanol–water partition coefficient (Wildman–Crippen LogP) is 1.49. The number of hydrogen-bond donors (Lipinski definition) is 0. The van der Waals surface area contributed by atoms with Crippen LogP contribution in [0.25, 0.3) is 0 Å². The molecule has 0 amide bonds. The van der Waals surface area contributed by atoms with E-state index in [1.54, 1.807) is 19.0 Å². The third-order valence-electron chi connectivity index (χ3n) is 1.77. The number of Topliss-reactive ketones (excluding diaryl/α,β-unsaturated/α-hetero) is 1. The Hall–Kier alpha value is -0.900. The Balaban J connectivity index is 2.57. The number of rotatable bonds is 1. The van der Waals surface area contributed by atoms with Crippen molar-refractivity contribution >= 4 is 23.2 Å². The van der Waals surface area contributed by atoms with Crippen LogP contribution in [0.4, 0.5) is 0 Å². The molecule has 1 aliphatic carbocycles. The first-order valence-electron chi connectivity index (χ1n) is 4.24. The summed E-state index contributed by atoms with van der Waals surface area (Å²) in [6, 6.07) is 0. The lowest BCUT2D eigenvalue weighted by atomic mass is 10.1. The van der Waals surface area contributed by atoms with Gasteiger partial charge in [-0.2, -0.15) is 0 Å². The first kappa shape index (κ1) is 10.2. The maximum absolute atomic E-state index is 11.3. The van der Waals surface area contributed by atoms with E-state index in [4.69, 9.17) is 17.0 Å². The van der Waals surface area contributed by atoms with Crippen molar-refractivity contribution in [2.45, 2.75) is 19.3 Å². The minimum atomic E-state index is 0.0513. The summed E-state index contributed by atoms with van der Waals surface area (Å²) in [5, 5.41) is 0.335. The Kier molecular flexibility index (Phi) is 3.42. The van der Waals surface area contributed by atoms with Gasteiger partial charge in [0, 0.05) is 20.5 Å². The molecule has 0 saturated carbocycles. The molecule has 1 aliphatic rings. The highest BCUT2D eigenvalue weighted by Crippen LogP contribution is 2.15. The number of allylic oxidation sites excluding steroid dienone is 2. The van der Waals surface area contributed by atoms with E-state index in [-0.39, 0.29) is 5.78 Å². The molecule has 13 heavy (non-hydrogen) atoms. The molecule has 0 aliphatic heterocycles. The van der Waals surface area contributed by atoms with Gasteiger partial charge >= 0.3 is 0 Å². The van der Waals surface area contributed by atoms with Crippen LogP contribution in [0.3, 0.4) is 0 Å². The SMILES string of the molecule is CN(C)C(=S)OC1=CCCCC1=O. The molecule has 0 fully saturated rings. The normalized spacial score (nSPS) is 16.5. The van der Waals surface area contributed by atoms with Crippen LogP contribution < -0.4 is 0 Å². The van der Waals surface area contributed by atoms with Gasteiger partial charge < -0.3 is 9.64 Å². The van der Waals surface area contributed by atoms with Crippen LogP contribution in [0.2, 0.25) is 0 Å². The molecule has 0 spiro atoms. The lowest BCUT2D eigenvalue weighted by molar-refractivity contribution is -0.118. The van der Waals surface area contributed by atoms with Crippen molar-refractivity contribution in [2.24, 2.45) is 0 Å². The molecule has 0 heterocycles. The van der Waals surface area contributed by atoms with E-state index in [1.165, 1.54) is 0 Å². The summed E-state index contributed by atoms with van der Waals surface area (Å²) in [5.41, 5.74) is 0. The van der Waals surface area contributed by atoms with Gasteiger partial charge in [-0.3, -0.25) is 4.79 Å². The fourth-order valence-electron chi connectivity index (χ4n) is 1.02. The number of carbonyl (C=O) groups excluding carboxylic acids is 1. The summed E-state index contributed by atoms with van der Waals surface area (Å²) in [5.74, 6) is 0.459. The van der Waals surface area contributed by atoms with E-state index in [0.29, 0.717) is 17.4 Å². The van der Waals surface area contributed by atoms with Crippen molar-refractivity contribution in [1.29, 1.82) is 0 Å². The molecule has 0 unspecified atom stereocenters. The fourth-order valence-corrected chi connectivity index (χ4v) is 1.11. The smallest absolute Gasteiger partial charge is 0.264 e. The summed E-state index contributed by atoms with van der Waals surface area (Å²) in [6.45, 7) is 0. The van der Waals surface area contributed by atoms with Crippen LogP contribution in [-0.2, 0) is 9.53 Å². The van der Waals surface area contributed by atoms with Crippen molar-refractivity contribution in [3.05, 3.63) is 11.8 Å². The number of ether oxygens (including phenoxy) is 1. The summed E-state index contributed by atoms with van der Waals surface area (Å²) >= 11 is 4.92. The number of ketones is 1. The molecular formula is C9H13NO2S. The first-order chi connectivity index (χ1) is 6.11. The van der Waals surface area contributed by atoms with Gasteiger partial charge in [-0.05, 0) is 31.1 Å². The molecule has 0 radical (unpaired) electrons. The van der Waals surface area contributed by atoms with Crippen LogP contribution in [0.15, 0.2) is 11.8 Å². The Morgan fingerprint density at radius 3 is 2.85 bits per heavy atom. The zero-order chi connectivity index (χ0) is 9.84. The highest BCUT2D eigenvalue weighted by Gasteiger charge is 2.16. The second-order valence-corrected chi connectivity index (χ2v) is 3.50. The van der Waals surface area contributed by atoms with Gasteiger partial charge in [-0.1, -0.05) is 0 Å². The average molecular weight is 199 g/mol. The lowest BCUT2D eigenvalue weighted by Gasteiger charge is -2.17. The molecule has 0 bridgehead atoms. The standard InChI is InChI=1S/C9H13NO2S/c1-10(2)9(13)12-8-6-4-3-5-7(8)11/h6H,3-5H2,1-2H3. The van der Waals surface area contributed by atoms with E-state index in [0.717, 1.165) is 12.8 Å². The van der Waals surface area contributed by atoms with Gasteiger partial charge in [0.2, 0.25) is 0 Å². The second-order valence-electron chi connectivity index (χ2n) is 3.15. The topological polar surface area (TPSA) is 29.5 Å². The first-order valence-corrected chi connectivity index (χ1v) is 4.64. The largest absolute Gasteiger partial charge is 0.428 e. The number of thiocarbonyl (C=S) groups is 1. The molecule has 0 aromatic carbocycles. The van der Waals surface area contributed by atoms with Crippen molar-refractivity contribution < 1.29 is 9.53 Å². The van der Waals surface area contributed by atoms with Crippen LogP contribution in [0.5, 0.6) is 0 Å². The van der Waals surface area contributed by atoms with Gasteiger partial charge in [0.1, 0.15) is 0 Å². The minimum Gasteiger partial charge on any atom is -0.428 e. The Labute approximate surface area is 83.4 Å². The van der Waals surface area contributed by atoms with Crippen molar-refractivity contribution in [1.82, 2.24) is 4.90 Å². The van der Waals surface area contributed by atoms with Gasteiger partial charge in [-0.15, -0.1) is 0 Å². The third kappa shape index (κ3) is 2.81. The average Bonchev–Trinajstić information content (AvgIpc) is 2.08. The molecule has 1 rings (SSSR count). The lowest BCUT2D eigenvalue weighted by Crippen LogP contribution is -2.24. The van der Waals surface area contributed by atoms with Crippen LogP contribution in [0, 0.1) is 0 Å². The summed E-state index contributed by atoms with van der Waals surface area (Å²) in [6.07, 6.45) is 4.20. The molecule has 0 N–H and O–H groups in total. The van der Waals surface area contributed by atoms with Crippen molar-refractivity contribution in [3.8, 4) is 0 Å². The van der Waals surface area contributed by atoms with Crippen LogP contribution >= 0.6 is 12.2 Å². The predicted molar refractivity (Wildman–Crippen MR) is 54.3 cm³/mol. The molecular weight excluding hydrogens is 186 g/mol. The zero-order valence-electron chi connectivity index (χ0n) is 7.87. The third-order valence-corrected chi connectivity index (χ3v) is 2.22. The maximum Gasteiger partial charge on any atom is 0.264 e. The van der Waals surface area contributed by atoms with Gasteiger partial charge in [-0.25, -0.2) is 0 Å². The Morgan fingerprint density at radius 1 is 1.62 bits per heavy atom. The summed E-state index contributed by atoms with van der Waals surface area (Å²) < 4.78 is 5.23. The number of nitrogens with zero attached hydrogens (tertiary/aromatic N) is 1. The van der Waals surface area contributed by atoms with Crippen molar-refractivity contribution in [2.75, 3.05) is 14.1 Å². The fraction of sp³-hybridized carbons (Fsp3) is 0.556. The van der Waals surface area contributed by atoms with Crippen molar-refractivity contribution in [3.63, 3.8) is 0 Å². The molecule has 0 aromatic rings. The van der Waals surface area contributed by atoms with Gasteiger partial charge in [0.25, 0.3) is 5.17 Å². The molecule has 72 valence electrons. The summed E-state index contributed by atoms with van der Waals surface area (Å²) in [4.78, 5) is 12.9. The van der Waals surface area contributed by atoms with E-state index < -0.39 is 0 Å². The highest BCUT2D eigenvalue weighted by atomic mass is 32.1. The molecule has 0 atom stereocenters. The Morgan fingerprint density at radius 2 is 2.31 bits per heavy atom. The minimum absolute atomic E-state index is 0.0513. The molecule has 4 heteroatoms. The summed E-state index contributed by atoms with van der Waals surface area (Å²) in [7, 11) is 3.58. The van der Waals surface area contributed by atoms with E-state index in [1.807, 2.05) is 6.08 Å². The Bertz CT molecular complexity index is 258. The van der Waals surface area contributed by atoms with E-state index in [9.17, 15) is 4.79 Å². The molecule has 0 saturated heterocycles. The van der Waals surface area contributed by atoms with E-state index >= 15 is 0 Å². The molecule has 3 nitrogen and oxygen atoms in total. The number of hydrogen-bond acceptors (Lipinski definition) is 3. The molecule has 0 aromatic heterocycles. The monoisotopic (exact) mass is 199 g/mol. The maximum atomic E-state index is 11.3. The second kappa shape index (κ2) is 4.37. The van der Waals surface area contributed by atoms with Gasteiger partial charge in [0.15, 0.2) is 11.5 Å². The van der Waals surface area contributed by atoms with E-state index in [2.05, 4.69) is 0 Å². The zero-order valence-corrected chi connectivity index (χ0v) is 8.69. The number of carbonyl (C=O) groups is 1. The van der Waals surface area contributed by atoms with Crippen LogP contribution in [0.1, 0.15) is 19.3 Å².